The van der Waals surface area contributed by atoms with E-state index in [-0.39, 0.29) is 5.91 Å². The molecular formula is C34H43N7O2. The molecule has 43 heavy (non-hydrogen) atoms. The highest BCUT2D eigenvalue weighted by Crippen LogP contribution is 2.55. The molecule has 0 bridgehead atoms. The zero-order valence-electron chi connectivity index (χ0n) is 25.9. The molecule has 4 aromatic rings. The van der Waals surface area contributed by atoms with Gasteiger partial charge in [0.05, 0.1) is 18.0 Å². The van der Waals surface area contributed by atoms with Crippen LogP contribution in [-0.4, -0.2) is 66.2 Å². The van der Waals surface area contributed by atoms with Crippen LogP contribution in [-0.2, 0) is 11.8 Å². The molecule has 2 atom stereocenters. The van der Waals surface area contributed by atoms with E-state index in [4.69, 9.17) is 9.72 Å². The van der Waals surface area contributed by atoms with Gasteiger partial charge in [0.1, 0.15) is 11.4 Å². The highest BCUT2D eigenvalue weighted by atomic mass is 16.5. The number of likely N-dealkylation sites (N-methyl/N-ethyl adjacent to an activating group) is 2. The number of anilines is 4. The molecule has 2 aromatic heterocycles. The van der Waals surface area contributed by atoms with E-state index in [9.17, 15) is 4.79 Å². The molecule has 2 aliphatic rings. The van der Waals surface area contributed by atoms with Crippen molar-refractivity contribution < 1.29 is 9.53 Å². The Morgan fingerprint density at radius 1 is 1.14 bits per heavy atom. The summed E-state index contributed by atoms with van der Waals surface area (Å²) in [5.41, 5.74) is 5.06. The Morgan fingerprint density at radius 3 is 2.56 bits per heavy atom. The van der Waals surface area contributed by atoms with Gasteiger partial charge in [0.25, 0.3) is 0 Å². The molecular weight excluding hydrogens is 538 g/mol. The van der Waals surface area contributed by atoms with Crippen molar-refractivity contribution in [3.63, 3.8) is 0 Å². The van der Waals surface area contributed by atoms with E-state index in [2.05, 4.69) is 54.9 Å². The lowest BCUT2D eigenvalue weighted by Gasteiger charge is -2.27. The van der Waals surface area contributed by atoms with Gasteiger partial charge in [-0.3, -0.25) is 4.79 Å². The molecule has 2 aromatic carbocycles. The highest BCUT2D eigenvalue weighted by molar-refractivity contribution is 6.02. The summed E-state index contributed by atoms with van der Waals surface area (Å²) in [5, 5.41) is 7.36. The Kier molecular flexibility index (Phi) is 9.31. The van der Waals surface area contributed by atoms with Gasteiger partial charge in [-0.25, -0.2) is 9.97 Å². The third kappa shape index (κ3) is 7.17. The Hall–Kier alpha value is -4.37. The minimum Gasteiger partial charge on any atom is -0.492 e. The van der Waals surface area contributed by atoms with Crippen molar-refractivity contribution in [1.82, 2.24) is 19.4 Å². The van der Waals surface area contributed by atoms with Gasteiger partial charge in [0.15, 0.2) is 0 Å². The summed E-state index contributed by atoms with van der Waals surface area (Å²) in [6.45, 7) is 7.59. The lowest BCUT2D eigenvalue weighted by Crippen LogP contribution is -2.29. The first-order chi connectivity index (χ1) is 20.8. The fourth-order valence-electron chi connectivity index (χ4n) is 5.51. The zero-order valence-corrected chi connectivity index (χ0v) is 25.9. The van der Waals surface area contributed by atoms with Gasteiger partial charge in [-0.15, -0.1) is 0 Å². The first-order valence-electron chi connectivity index (χ1n) is 15.0. The molecule has 9 heteroatoms. The number of benzene rings is 2. The normalized spacial score (nSPS) is 16.4. The van der Waals surface area contributed by atoms with E-state index in [0.717, 1.165) is 40.9 Å². The van der Waals surface area contributed by atoms with Crippen LogP contribution in [0, 0.1) is 11.8 Å². The van der Waals surface area contributed by atoms with Crippen molar-refractivity contribution in [3.05, 3.63) is 67.5 Å². The second kappa shape index (κ2) is 13.3. The summed E-state index contributed by atoms with van der Waals surface area (Å²) in [7, 11) is 8.06. The van der Waals surface area contributed by atoms with Crippen molar-refractivity contribution in [2.45, 2.75) is 26.2 Å². The van der Waals surface area contributed by atoms with Crippen molar-refractivity contribution in [2.24, 2.45) is 18.9 Å². The fraction of sp³-hybridized carbons (Fsp3) is 0.382. The smallest absolute Gasteiger partial charge is 0.247 e. The van der Waals surface area contributed by atoms with Crippen molar-refractivity contribution in [1.29, 1.82) is 0 Å². The minimum atomic E-state index is -0.305. The van der Waals surface area contributed by atoms with E-state index >= 15 is 0 Å². The van der Waals surface area contributed by atoms with Crippen LogP contribution in [0.5, 0.6) is 5.75 Å². The number of para-hydroxylation sites is 1. The number of carbonyl (C=O) groups excluding carboxylic acids is 1. The van der Waals surface area contributed by atoms with Crippen LogP contribution in [0.1, 0.15) is 26.2 Å². The second-order valence-corrected chi connectivity index (χ2v) is 11.6. The number of aromatic nitrogens is 3. The number of nitrogens with zero attached hydrogens (tertiary/aromatic N) is 5. The number of carbonyl (C=O) groups is 1. The van der Waals surface area contributed by atoms with Crippen molar-refractivity contribution in [2.75, 3.05) is 56.4 Å². The van der Waals surface area contributed by atoms with Gasteiger partial charge in [-0.05, 0) is 76.4 Å². The van der Waals surface area contributed by atoms with E-state index in [1.165, 1.54) is 17.9 Å². The Balaban J connectivity index is 0.000000655. The average molecular weight is 582 g/mol. The quantitative estimate of drug-likeness (QED) is 0.201. The summed E-state index contributed by atoms with van der Waals surface area (Å²) in [6.07, 6.45) is 9.76. The van der Waals surface area contributed by atoms with Crippen LogP contribution in [0.2, 0.25) is 0 Å². The molecule has 9 nitrogen and oxygen atoms in total. The number of amides is 1. The number of hydrogen-bond acceptors (Lipinski definition) is 7. The van der Waals surface area contributed by atoms with Gasteiger partial charge < -0.3 is 29.7 Å². The molecule has 2 N–H and O–H groups in total. The van der Waals surface area contributed by atoms with Crippen LogP contribution in [0.25, 0.3) is 22.2 Å². The highest BCUT2D eigenvalue weighted by Gasteiger charge is 2.44. The monoisotopic (exact) mass is 581 g/mol. The maximum Gasteiger partial charge on any atom is 0.247 e. The largest absolute Gasteiger partial charge is 0.492 e. The Labute approximate surface area is 254 Å². The summed E-state index contributed by atoms with van der Waals surface area (Å²) in [5.74, 6) is 3.24. The maximum absolute atomic E-state index is 12.3. The third-order valence-corrected chi connectivity index (χ3v) is 8.14. The number of ether oxygens (including phenoxy) is 1. The molecule has 6 rings (SSSR count). The summed E-state index contributed by atoms with van der Waals surface area (Å²) >= 11 is 0. The lowest BCUT2D eigenvalue weighted by atomic mass is 10.0. The van der Waals surface area contributed by atoms with Crippen molar-refractivity contribution in [3.8, 4) is 17.0 Å². The number of nitrogens with one attached hydrogen (secondary N) is 2. The standard InChI is InChI=1S/C29H35N7O2.C5H8/c1-7-27(37)32-24-17-20(18-26(38-8-2)28(24)35(5)16-15-34(3)4)31-29-30-14-13-23(33-29)22-19-36(6)25-12-10-9-11-21(22)25;1-2-5-3-4(1)5/h7,9-14,17-19H,1,8,15-16H2,2-6H3,(H,32,37)(H,30,31,33);4-5H,1-3H2. The van der Waals surface area contributed by atoms with Crippen molar-refractivity contribution >= 4 is 39.8 Å². The van der Waals surface area contributed by atoms with Crippen LogP contribution < -0.4 is 20.3 Å². The molecule has 1 amide bonds. The minimum absolute atomic E-state index is 0.305. The molecule has 226 valence electrons. The molecule has 0 aliphatic heterocycles. The number of rotatable bonds is 11. The molecule has 0 spiro atoms. The Morgan fingerprint density at radius 2 is 1.91 bits per heavy atom. The van der Waals surface area contributed by atoms with Gasteiger partial charge in [0, 0.05) is 67.8 Å². The van der Waals surface area contributed by atoms with E-state index in [1.54, 1.807) is 25.5 Å². The topological polar surface area (TPSA) is 87.5 Å². The van der Waals surface area contributed by atoms with E-state index < -0.39 is 0 Å². The summed E-state index contributed by atoms with van der Waals surface area (Å²) in [4.78, 5) is 25.7. The van der Waals surface area contributed by atoms with Crippen LogP contribution in [0.3, 0.4) is 0 Å². The molecule has 0 saturated heterocycles. The van der Waals surface area contributed by atoms with Gasteiger partial charge in [-0.1, -0.05) is 24.8 Å². The summed E-state index contributed by atoms with van der Waals surface area (Å²) < 4.78 is 8.12. The Bertz CT molecular complexity index is 1580. The average Bonchev–Trinajstić information content (AvgIpc) is 3.43. The fourth-order valence-corrected chi connectivity index (χ4v) is 5.51. The second-order valence-electron chi connectivity index (χ2n) is 11.6. The first kappa shape index (κ1) is 30.1. The molecule has 2 heterocycles. The maximum atomic E-state index is 12.3. The number of aryl methyl sites for hydroxylation is 1. The third-order valence-electron chi connectivity index (χ3n) is 8.14. The van der Waals surface area contributed by atoms with Crippen LogP contribution in [0.4, 0.5) is 23.0 Å². The molecule has 2 saturated carbocycles. The summed E-state index contributed by atoms with van der Waals surface area (Å²) in [6, 6.07) is 13.9. The van der Waals surface area contributed by atoms with E-state index in [0.29, 0.717) is 29.7 Å². The molecule has 2 aliphatic carbocycles. The molecule has 0 radical (unpaired) electrons. The van der Waals surface area contributed by atoms with Gasteiger partial charge in [0.2, 0.25) is 11.9 Å². The predicted octanol–water partition coefficient (Wildman–Crippen LogP) is 6.32. The SMILES string of the molecule is C1CC2CC12.C=CC(=O)Nc1cc(Nc2nccc(-c3cn(C)c4ccccc34)n2)cc(OCC)c1N(C)CCN(C)C. The van der Waals surface area contributed by atoms with Gasteiger partial charge in [-0.2, -0.15) is 0 Å². The number of hydrogen-bond donors (Lipinski definition) is 2. The number of fused-ring (bicyclic) bond motifs is 2. The molecule has 2 unspecified atom stereocenters. The predicted molar refractivity (Wildman–Crippen MR) is 176 cm³/mol. The van der Waals surface area contributed by atoms with E-state index in [1.807, 2.05) is 65.4 Å². The van der Waals surface area contributed by atoms with Crippen LogP contribution in [0.15, 0.2) is 67.5 Å². The lowest BCUT2D eigenvalue weighted by molar-refractivity contribution is -0.111. The van der Waals surface area contributed by atoms with Gasteiger partial charge >= 0.3 is 0 Å². The van der Waals surface area contributed by atoms with Crippen LogP contribution >= 0.6 is 0 Å². The first-order valence-corrected chi connectivity index (χ1v) is 15.0. The molecule has 2 fully saturated rings. The zero-order chi connectivity index (χ0) is 30.5.